The molecule has 0 unspecified atom stereocenters. The Hall–Kier alpha value is -0.970. The van der Waals surface area contributed by atoms with E-state index in [2.05, 4.69) is 20.4 Å². The number of alkyl halides is 3. The van der Waals surface area contributed by atoms with Gasteiger partial charge in [0.1, 0.15) is 12.4 Å². The Morgan fingerprint density at radius 2 is 2.05 bits per heavy atom. The number of nitrogens with one attached hydrogen (secondary N) is 2. The van der Waals surface area contributed by atoms with E-state index in [4.69, 9.17) is 4.42 Å². The molecule has 2 N–H and O–H groups in total. The summed E-state index contributed by atoms with van der Waals surface area (Å²) in [6.07, 6.45) is -1.46. The van der Waals surface area contributed by atoms with Crippen LogP contribution in [0.2, 0.25) is 0 Å². The van der Waals surface area contributed by atoms with Crippen molar-refractivity contribution in [3.05, 3.63) is 24.2 Å². The van der Waals surface area contributed by atoms with Crippen molar-refractivity contribution in [1.29, 1.82) is 0 Å². The van der Waals surface area contributed by atoms with Crippen molar-refractivity contribution < 1.29 is 22.3 Å². The average molecular weight is 435 g/mol. The van der Waals surface area contributed by atoms with Crippen LogP contribution in [0, 0.1) is 0 Å². The quantitative estimate of drug-likeness (QED) is 0.285. The zero-order valence-electron chi connectivity index (χ0n) is 12.3. The molecule has 0 aliphatic carbocycles. The van der Waals surface area contributed by atoms with Crippen LogP contribution in [0.25, 0.3) is 0 Å². The lowest BCUT2D eigenvalue weighted by Gasteiger charge is -2.12. The first-order valence-corrected chi connectivity index (χ1v) is 6.62. The molecule has 0 bridgehead atoms. The summed E-state index contributed by atoms with van der Waals surface area (Å²) in [4.78, 5) is 4.01. The van der Waals surface area contributed by atoms with Crippen LogP contribution >= 0.6 is 24.0 Å². The van der Waals surface area contributed by atoms with Crippen molar-refractivity contribution in [3.8, 4) is 0 Å². The molecule has 0 atom stereocenters. The van der Waals surface area contributed by atoms with Gasteiger partial charge in [0, 0.05) is 33.2 Å². The molecule has 1 rings (SSSR count). The fourth-order valence-corrected chi connectivity index (χ4v) is 1.55. The van der Waals surface area contributed by atoms with Crippen molar-refractivity contribution in [2.45, 2.75) is 19.0 Å². The predicted octanol–water partition coefficient (Wildman–Crippen LogP) is 2.57. The Balaban J connectivity index is 0.00000441. The Labute approximate surface area is 144 Å². The molecule has 0 saturated heterocycles. The summed E-state index contributed by atoms with van der Waals surface area (Å²) in [6.45, 7) is -0.0188. The molecule has 0 fully saturated rings. The zero-order valence-corrected chi connectivity index (χ0v) is 14.6. The molecular weight excluding hydrogens is 414 g/mol. The van der Waals surface area contributed by atoms with Crippen LogP contribution in [0.3, 0.4) is 0 Å². The smallest absolute Gasteiger partial charge is 0.411 e. The third-order valence-corrected chi connectivity index (χ3v) is 2.49. The molecule has 1 aromatic rings. The number of guanidine groups is 1. The van der Waals surface area contributed by atoms with E-state index in [1.807, 2.05) is 12.1 Å². The molecule has 0 radical (unpaired) electrons. The number of ether oxygens (including phenoxy) is 1. The van der Waals surface area contributed by atoms with Gasteiger partial charge in [-0.25, -0.2) is 0 Å². The monoisotopic (exact) mass is 435 g/mol. The first kappa shape index (κ1) is 21.0. The van der Waals surface area contributed by atoms with Crippen LogP contribution in [0.1, 0.15) is 12.2 Å². The average Bonchev–Trinajstić information content (AvgIpc) is 2.92. The van der Waals surface area contributed by atoms with Gasteiger partial charge in [0.15, 0.2) is 5.96 Å². The number of furan rings is 1. The summed E-state index contributed by atoms with van der Waals surface area (Å²) in [5.41, 5.74) is 0. The minimum atomic E-state index is -4.27. The predicted molar refractivity (Wildman–Crippen MR) is 88.7 cm³/mol. The second-order valence-electron chi connectivity index (χ2n) is 4.28. The van der Waals surface area contributed by atoms with E-state index in [1.54, 1.807) is 13.3 Å². The molecule has 0 aliphatic rings. The highest BCUT2D eigenvalue weighted by atomic mass is 127. The normalized spacial score (nSPS) is 11.9. The van der Waals surface area contributed by atoms with Crippen LogP contribution in [0.4, 0.5) is 13.2 Å². The Morgan fingerprint density at radius 3 is 2.64 bits per heavy atom. The van der Waals surface area contributed by atoms with Crippen LogP contribution in [-0.4, -0.2) is 45.5 Å². The van der Waals surface area contributed by atoms with Gasteiger partial charge in [-0.15, -0.1) is 24.0 Å². The first-order chi connectivity index (χ1) is 10.0. The van der Waals surface area contributed by atoms with Gasteiger partial charge in [0.2, 0.25) is 0 Å². The van der Waals surface area contributed by atoms with Crippen LogP contribution in [0.15, 0.2) is 27.8 Å². The lowest BCUT2D eigenvalue weighted by atomic mass is 10.3. The maximum Gasteiger partial charge on any atom is 0.411 e. The van der Waals surface area contributed by atoms with Gasteiger partial charge in [-0.05, 0) is 18.6 Å². The number of hydrogen-bond acceptors (Lipinski definition) is 3. The molecule has 22 heavy (non-hydrogen) atoms. The molecule has 0 amide bonds. The molecular formula is C13H21F3IN3O2. The van der Waals surface area contributed by atoms with Crippen LogP contribution in [0.5, 0.6) is 0 Å². The molecule has 0 saturated carbocycles. The zero-order chi connectivity index (χ0) is 15.6. The molecule has 0 aromatic carbocycles. The van der Waals surface area contributed by atoms with E-state index in [9.17, 15) is 13.2 Å². The molecule has 9 heteroatoms. The second kappa shape index (κ2) is 11.6. The third kappa shape index (κ3) is 10.7. The highest BCUT2D eigenvalue weighted by Crippen LogP contribution is 2.14. The van der Waals surface area contributed by atoms with E-state index in [0.717, 1.165) is 12.2 Å². The van der Waals surface area contributed by atoms with E-state index in [-0.39, 0.29) is 30.6 Å². The molecule has 128 valence electrons. The van der Waals surface area contributed by atoms with Gasteiger partial charge in [0.05, 0.1) is 6.26 Å². The minimum Gasteiger partial charge on any atom is -0.469 e. The topological polar surface area (TPSA) is 58.8 Å². The lowest BCUT2D eigenvalue weighted by Crippen LogP contribution is -2.39. The van der Waals surface area contributed by atoms with Crippen molar-refractivity contribution >= 4 is 29.9 Å². The fourth-order valence-electron chi connectivity index (χ4n) is 1.55. The number of hydrogen-bond donors (Lipinski definition) is 2. The van der Waals surface area contributed by atoms with Gasteiger partial charge >= 0.3 is 6.18 Å². The molecule has 1 heterocycles. The van der Waals surface area contributed by atoms with E-state index < -0.39 is 12.8 Å². The number of halogens is 4. The maximum absolute atomic E-state index is 11.8. The van der Waals surface area contributed by atoms with E-state index in [0.29, 0.717) is 25.5 Å². The number of rotatable bonds is 8. The van der Waals surface area contributed by atoms with Crippen molar-refractivity contribution in [2.75, 3.05) is 33.4 Å². The van der Waals surface area contributed by atoms with E-state index in [1.165, 1.54) is 0 Å². The lowest BCUT2D eigenvalue weighted by molar-refractivity contribution is -0.173. The molecule has 5 nitrogen and oxygen atoms in total. The molecule has 0 aliphatic heterocycles. The summed E-state index contributed by atoms with van der Waals surface area (Å²) in [5, 5.41) is 6.08. The van der Waals surface area contributed by atoms with Crippen LogP contribution < -0.4 is 10.6 Å². The fraction of sp³-hybridized carbons (Fsp3) is 0.615. The molecule has 1 aromatic heterocycles. The highest BCUT2D eigenvalue weighted by Gasteiger charge is 2.27. The van der Waals surface area contributed by atoms with Gasteiger partial charge in [-0.2, -0.15) is 13.2 Å². The SMILES string of the molecule is CN=C(NCCCOCC(F)(F)F)NCCc1ccco1.I. The van der Waals surface area contributed by atoms with Gasteiger partial charge in [-0.3, -0.25) is 4.99 Å². The van der Waals surface area contributed by atoms with Crippen molar-refractivity contribution in [1.82, 2.24) is 10.6 Å². The standard InChI is InChI=1S/C13H20F3N3O2.HI/c1-17-12(19-7-5-11-4-2-9-21-11)18-6-3-8-20-10-13(14,15)16;/h2,4,9H,3,5-8,10H2,1H3,(H2,17,18,19);1H. The summed E-state index contributed by atoms with van der Waals surface area (Å²) in [6, 6.07) is 3.71. The van der Waals surface area contributed by atoms with Crippen LogP contribution in [-0.2, 0) is 11.2 Å². The summed E-state index contributed by atoms with van der Waals surface area (Å²) in [5.74, 6) is 1.47. The Morgan fingerprint density at radius 1 is 1.32 bits per heavy atom. The van der Waals surface area contributed by atoms with Gasteiger partial charge < -0.3 is 19.8 Å². The van der Waals surface area contributed by atoms with Gasteiger partial charge in [0.25, 0.3) is 0 Å². The minimum absolute atomic E-state index is 0. The third-order valence-electron chi connectivity index (χ3n) is 2.49. The second-order valence-corrected chi connectivity index (χ2v) is 4.28. The summed E-state index contributed by atoms with van der Waals surface area (Å²) in [7, 11) is 1.63. The maximum atomic E-state index is 11.8. The summed E-state index contributed by atoms with van der Waals surface area (Å²) >= 11 is 0. The first-order valence-electron chi connectivity index (χ1n) is 6.62. The van der Waals surface area contributed by atoms with E-state index >= 15 is 0 Å². The highest BCUT2D eigenvalue weighted by molar-refractivity contribution is 14.0. The Kier molecular flexibility index (Phi) is 11.1. The number of aliphatic imine (C=N–C) groups is 1. The van der Waals surface area contributed by atoms with Crippen molar-refractivity contribution in [3.63, 3.8) is 0 Å². The summed E-state index contributed by atoms with van der Waals surface area (Å²) < 4.78 is 45.2. The Bertz CT molecular complexity index is 411. The number of nitrogens with zero attached hydrogens (tertiary/aromatic N) is 1. The van der Waals surface area contributed by atoms with Crippen molar-refractivity contribution in [2.24, 2.45) is 4.99 Å². The molecule has 0 spiro atoms. The van der Waals surface area contributed by atoms with Gasteiger partial charge in [-0.1, -0.05) is 0 Å². The largest absolute Gasteiger partial charge is 0.469 e.